The van der Waals surface area contributed by atoms with Crippen molar-refractivity contribution >= 4 is 23.5 Å². The Kier molecular flexibility index (Phi) is 4.74. The van der Waals surface area contributed by atoms with Gasteiger partial charge in [-0.2, -0.15) is 0 Å². The van der Waals surface area contributed by atoms with Gasteiger partial charge in [-0.15, -0.1) is 0 Å². The van der Waals surface area contributed by atoms with Gasteiger partial charge in [0.2, 0.25) is 11.8 Å². The first kappa shape index (κ1) is 19.3. The average molecular weight is 392 g/mol. The molecule has 0 aliphatic carbocycles. The van der Waals surface area contributed by atoms with Gasteiger partial charge < -0.3 is 10.1 Å². The van der Waals surface area contributed by atoms with Crippen molar-refractivity contribution in [1.82, 2.24) is 5.32 Å². The second-order valence-corrected chi connectivity index (χ2v) is 8.05. The number of aryl methyl sites for hydroxylation is 1. The van der Waals surface area contributed by atoms with E-state index in [0.717, 1.165) is 11.1 Å². The predicted molar refractivity (Wildman–Crippen MR) is 108 cm³/mol. The lowest BCUT2D eigenvalue weighted by atomic mass is 9.78. The highest BCUT2D eigenvalue weighted by Crippen LogP contribution is 2.50. The van der Waals surface area contributed by atoms with Crippen LogP contribution in [0.3, 0.4) is 0 Å². The second-order valence-electron chi connectivity index (χ2n) is 8.05. The highest BCUT2D eigenvalue weighted by molar-refractivity contribution is 6.23. The summed E-state index contributed by atoms with van der Waals surface area (Å²) in [6.07, 6.45) is 0.00861. The SMILES string of the molecule is COC(=O)C[C@]1(C)N[C@@H](c2ccc(C)cc2)[C@@H]2C(=O)N(c3ccccc3)C(=O)[C@@H]21. The van der Waals surface area contributed by atoms with Gasteiger partial charge in [-0.1, -0.05) is 48.0 Å². The van der Waals surface area contributed by atoms with Gasteiger partial charge in [0.15, 0.2) is 0 Å². The van der Waals surface area contributed by atoms with Gasteiger partial charge >= 0.3 is 5.97 Å². The Morgan fingerprint density at radius 3 is 2.34 bits per heavy atom. The molecule has 1 N–H and O–H groups in total. The summed E-state index contributed by atoms with van der Waals surface area (Å²) in [7, 11) is 1.33. The number of carbonyl (C=O) groups is 3. The van der Waals surface area contributed by atoms with E-state index in [1.807, 2.05) is 44.2 Å². The van der Waals surface area contributed by atoms with E-state index >= 15 is 0 Å². The van der Waals surface area contributed by atoms with Crippen molar-refractivity contribution in [3.8, 4) is 0 Å². The Bertz CT molecular complexity index is 957. The maximum absolute atomic E-state index is 13.4. The van der Waals surface area contributed by atoms with E-state index in [0.29, 0.717) is 5.69 Å². The lowest BCUT2D eigenvalue weighted by Gasteiger charge is -2.30. The number of ether oxygens (including phenoxy) is 1. The molecule has 4 atom stereocenters. The first-order chi connectivity index (χ1) is 13.9. The Labute approximate surface area is 169 Å². The van der Waals surface area contributed by atoms with Crippen LogP contribution in [0.2, 0.25) is 0 Å². The first-order valence-electron chi connectivity index (χ1n) is 9.69. The summed E-state index contributed by atoms with van der Waals surface area (Å²) in [4.78, 5) is 40.3. The van der Waals surface area contributed by atoms with E-state index in [4.69, 9.17) is 4.74 Å². The number of anilines is 1. The standard InChI is InChI=1S/C23H24N2O4/c1-14-9-11-15(12-10-14)20-18-19(23(2,24-20)13-17(26)29-3)22(28)25(21(18)27)16-7-5-4-6-8-16/h4-12,18-20,24H,13H2,1-3H3/t18-,19-,20+,23+/m1/s1. The molecule has 2 heterocycles. The zero-order valence-corrected chi connectivity index (χ0v) is 16.7. The van der Waals surface area contributed by atoms with Gasteiger partial charge in [0.25, 0.3) is 0 Å². The van der Waals surface area contributed by atoms with Crippen LogP contribution in [0.1, 0.15) is 30.5 Å². The van der Waals surface area contributed by atoms with Gasteiger partial charge in [0.05, 0.1) is 31.1 Å². The molecule has 0 radical (unpaired) electrons. The molecule has 0 unspecified atom stereocenters. The van der Waals surface area contributed by atoms with Crippen molar-refractivity contribution in [3.63, 3.8) is 0 Å². The van der Waals surface area contributed by atoms with Crippen LogP contribution in [0.25, 0.3) is 0 Å². The molecule has 4 rings (SSSR count). The Balaban J connectivity index is 1.79. The molecule has 2 saturated heterocycles. The monoisotopic (exact) mass is 392 g/mol. The molecule has 150 valence electrons. The topological polar surface area (TPSA) is 75.7 Å². The van der Waals surface area contributed by atoms with E-state index in [1.165, 1.54) is 12.0 Å². The molecule has 2 aromatic carbocycles. The number of nitrogens with zero attached hydrogens (tertiary/aromatic N) is 1. The fourth-order valence-electron chi connectivity index (χ4n) is 4.66. The highest BCUT2D eigenvalue weighted by atomic mass is 16.5. The molecule has 29 heavy (non-hydrogen) atoms. The van der Waals surface area contributed by atoms with Crippen LogP contribution >= 0.6 is 0 Å². The van der Waals surface area contributed by atoms with Crippen molar-refractivity contribution in [2.45, 2.75) is 31.8 Å². The number of imide groups is 1. The summed E-state index contributed by atoms with van der Waals surface area (Å²) in [5.74, 6) is -2.17. The number of esters is 1. The lowest BCUT2D eigenvalue weighted by Crippen LogP contribution is -2.49. The van der Waals surface area contributed by atoms with Crippen molar-refractivity contribution in [2.75, 3.05) is 12.0 Å². The molecule has 0 saturated carbocycles. The largest absolute Gasteiger partial charge is 0.469 e. The number of hydrogen-bond acceptors (Lipinski definition) is 5. The van der Waals surface area contributed by atoms with E-state index in [9.17, 15) is 14.4 Å². The third-order valence-corrected chi connectivity index (χ3v) is 6.07. The number of rotatable bonds is 4. The molecular weight excluding hydrogens is 368 g/mol. The molecule has 0 bridgehead atoms. The van der Waals surface area contributed by atoms with Crippen molar-refractivity contribution in [1.29, 1.82) is 0 Å². The molecular formula is C23H24N2O4. The summed E-state index contributed by atoms with van der Waals surface area (Å²) in [6, 6.07) is 16.5. The second kappa shape index (κ2) is 7.12. The molecule has 6 heteroatoms. The molecule has 6 nitrogen and oxygen atoms in total. The molecule has 2 aromatic rings. The van der Waals surface area contributed by atoms with Crippen LogP contribution < -0.4 is 10.2 Å². The summed E-state index contributed by atoms with van der Waals surface area (Å²) in [5.41, 5.74) is 1.71. The number of para-hydroxylation sites is 1. The van der Waals surface area contributed by atoms with Crippen LogP contribution in [-0.4, -0.2) is 30.4 Å². The first-order valence-corrected chi connectivity index (χ1v) is 9.69. The van der Waals surface area contributed by atoms with Crippen molar-refractivity contribution in [3.05, 3.63) is 65.7 Å². The van der Waals surface area contributed by atoms with Crippen LogP contribution in [0.15, 0.2) is 54.6 Å². The van der Waals surface area contributed by atoms with Crippen LogP contribution in [0.4, 0.5) is 5.69 Å². The van der Waals surface area contributed by atoms with E-state index in [2.05, 4.69) is 5.32 Å². The quantitative estimate of drug-likeness (QED) is 0.640. The van der Waals surface area contributed by atoms with Crippen molar-refractivity contribution in [2.24, 2.45) is 11.8 Å². The number of benzene rings is 2. The van der Waals surface area contributed by atoms with Crippen LogP contribution in [0.5, 0.6) is 0 Å². The molecule has 2 amide bonds. The Morgan fingerprint density at radius 2 is 1.72 bits per heavy atom. The van der Waals surface area contributed by atoms with E-state index in [-0.39, 0.29) is 24.3 Å². The number of methoxy groups -OCH3 is 1. The summed E-state index contributed by atoms with van der Waals surface area (Å²) in [6.45, 7) is 3.83. The minimum Gasteiger partial charge on any atom is -0.469 e. The van der Waals surface area contributed by atoms with Gasteiger partial charge in [0, 0.05) is 11.6 Å². The van der Waals surface area contributed by atoms with Crippen LogP contribution in [-0.2, 0) is 19.1 Å². The van der Waals surface area contributed by atoms with Crippen molar-refractivity contribution < 1.29 is 19.1 Å². The fourth-order valence-corrected chi connectivity index (χ4v) is 4.66. The average Bonchev–Trinajstić information content (AvgIpc) is 3.16. The zero-order valence-electron chi connectivity index (χ0n) is 16.7. The Morgan fingerprint density at radius 1 is 1.07 bits per heavy atom. The zero-order chi connectivity index (χ0) is 20.8. The fraction of sp³-hybridized carbons (Fsp3) is 0.348. The summed E-state index contributed by atoms with van der Waals surface area (Å²) in [5, 5.41) is 3.43. The molecule has 2 aliphatic heterocycles. The minimum atomic E-state index is -0.885. The minimum absolute atomic E-state index is 0.00861. The summed E-state index contributed by atoms with van der Waals surface area (Å²) < 4.78 is 4.87. The van der Waals surface area contributed by atoms with Gasteiger partial charge in [-0.3, -0.25) is 14.4 Å². The Hall–Kier alpha value is -2.99. The number of fused-ring (bicyclic) bond motifs is 1. The van der Waals surface area contributed by atoms with E-state index < -0.39 is 23.3 Å². The predicted octanol–water partition coefficient (Wildman–Crippen LogP) is 2.77. The van der Waals surface area contributed by atoms with Gasteiger partial charge in [0.1, 0.15) is 0 Å². The maximum Gasteiger partial charge on any atom is 0.307 e. The molecule has 2 aliphatic rings. The number of nitrogens with one attached hydrogen (secondary N) is 1. The van der Waals surface area contributed by atoms with Gasteiger partial charge in [-0.05, 0) is 31.5 Å². The number of carbonyl (C=O) groups excluding carboxylic acids is 3. The molecule has 0 aromatic heterocycles. The van der Waals surface area contributed by atoms with Crippen LogP contribution in [0, 0.1) is 18.8 Å². The molecule has 0 spiro atoms. The molecule has 2 fully saturated rings. The number of hydrogen-bond donors (Lipinski definition) is 1. The summed E-state index contributed by atoms with van der Waals surface area (Å²) >= 11 is 0. The highest BCUT2D eigenvalue weighted by Gasteiger charge is 2.64. The number of amides is 2. The lowest BCUT2D eigenvalue weighted by molar-refractivity contribution is -0.142. The van der Waals surface area contributed by atoms with Gasteiger partial charge in [-0.25, -0.2) is 4.90 Å². The van der Waals surface area contributed by atoms with E-state index in [1.54, 1.807) is 24.3 Å². The smallest absolute Gasteiger partial charge is 0.307 e. The maximum atomic E-state index is 13.4. The third-order valence-electron chi connectivity index (χ3n) is 6.07. The third kappa shape index (κ3) is 3.13. The normalized spacial score (nSPS) is 28.5.